The van der Waals surface area contributed by atoms with Gasteiger partial charge in [-0.15, -0.1) is 0 Å². The van der Waals surface area contributed by atoms with Crippen LogP contribution in [0.4, 0.5) is 17.1 Å². The number of nitrogens with zero attached hydrogens (tertiary/aromatic N) is 1. The average Bonchev–Trinajstić information content (AvgIpc) is 3.86. The standard InChI is InChI=1S/C59H57NO/c1-55(2,3)34-30-41-51-50(61-54(41)48(31-34)56(4,5)6)29-28-45-53(51)52-44(59(45,11)12)22-17-23-49(52)60(35-24-26-39-37-18-13-15-20-42(37)57(7,8)46(39)32-35)36-25-27-40-38-19-14-16-21-43(38)58(9,10)47(40)33-36/h13-33H,1-12H3. The summed E-state index contributed by atoms with van der Waals surface area (Å²) < 4.78 is 7.05. The third-order valence-electron chi connectivity index (χ3n) is 14.9. The molecule has 8 aromatic rings. The lowest BCUT2D eigenvalue weighted by Gasteiger charge is -2.31. The van der Waals surface area contributed by atoms with Gasteiger partial charge >= 0.3 is 0 Å². The van der Waals surface area contributed by atoms with Gasteiger partial charge in [0.05, 0.1) is 5.69 Å². The van der Waals surface area contributed by atoms with Gasteiger partial charge in [-0.1, -0.05) is 168 Å². The Kier molecular flexibility index (Phi) is 7.59. The highest BCUT2D eigenvalue weighted by molar-refractivity contribution is 6.17. The number of rotatable bonds is 3. The van der Waals surface area contributed by atoms with E-state index in [0.29, 0.717) is 0 Å². The molecule has 0 N–H and O–H groups in total. The second kappa shape index (κ2) is 12.2. The van der Waals surface area contributed by atoms with Gasteiger partial charge in [-0.2, -0.15) is 0 Å². The molecule has 3 aliphatic carbocycles. The van der Waals surface area contributed by atoms with Crippen LogP contribution in [0, 0.1) is 0 Å². The maximum absolute atomic E-state index is 7.05. The van der Waals surface area contributed by atoms with Crippen LogP contribution in [0.15, 0.2) is 132 Å². The van der Waals surface area contributed by atoms with Crippen molar-refractivity contribution in [3.05, 3.63) is 172 Å². The highest BCUT2D eigenvalue weighted by Gasteiger charge is 2.42. The first-order valence-corrected chi connectivity index (χ1v) is 22.3. The number of anilines is 3. The SMILES string of the molecule is CC(C)(C)c1cc(C(C)(C)C)c2oc3ccc4c(c3c2c1)-c1c(N(c2ccc3c(c2)C(C)(C)c2ccccc2-3)c2ccc3c(c2)C(C)(C)c2ccccc2-3)cccc1C4(C)C. The molecule has 0 saturated carbocycles. The van der Waals surface area contributed by atoms with Crippen LogP contribution in [-0.4, -0.2) is 0 Å². The Morgan fingerprint density at radius 3 is 1.51 bits per heavy atom. The number of furan rings is 1. The molecule has 0 atom stereocenters. The van der Waals surface area contributed by atoms with E-state index < -0.39 is 0 Å². The molecule has 7 aromatic carbocycles. The van der Waals surface area contributed by atoms with E-state index in [0.717, 1.165) is 11.2 Å². The molecule has 0 saturated heterocycles. The second-order valence-electron chi connectivity index (χ2n) is 21.8. The zero-order chi connectivity index (χ0) is 42.8. The molecule has 1 heterocycles. The Hall–Kier alpha value is -5.86. The van der Waals surface area contributed by atoms with Crippen molar-refractivity contribution in [1.29, 1.82) is 0 Å². The third kappa shape index (κ3) is 5.14. The number of benzene rings is 7. The molecule has 304 valence electrons. The van der Waals surface area contributed by atoms with Crippen molar-refractivity contribution in [1.82, 2.24) is 0 Å². The Bertz CT molecular complexity index is 3080. The van der Waals surface area contributed by atoms with Gasteiger partial charge in [0.1, 0.15) is 11.2 Å². The summed E-state index contributed by atoms with van der Waals surface area (Å²) in [6.45, 7) is 28.3. The first-order valence-electron chi connectivity index (χ1n) is 22.3. The molecule has 2 nitrogen and oxygen atoms in total. The normalized spacial score (nSPS) is 16.3. The summed E-state index contributed by atoms with van der Waals surface area (Å²) in [7, 11) is 0. The van der Waals surface area contributed by atoms with Crippen LogP contribution in [0.3, 0.4) is 0 Å². The van der Waals surface area contributed by atoms with Crippen molar-refractivity contribution in [2.24, 2.45) is 0 Å². The Balaban J connectivity index is 1.23. The lowest BCUT2D eigenvalue weighted by molar-refractivity contribution is 0.559. The lowest BCUT2D eigenvalue weighted by Crippen LogP contribution is -2.18. The van der Waals surface area contributed by atoms with E-state index in [2.05, 4.69) is 215 Å². The van der Waals surface area contributed by atoms with Crippen LogP contribution >= 0.6 is 0 Å². The van der Waals surface area contributed by atoms with Gasteiger partial charge in [0, 0.05) is 49.5 Å². The highest BCUT2D eigenvalue weighted by Crippen LogP contribution is 2.59. The van der Waals surface area contributed by atoms with Crippen LogP contribution in [-0.2, 0) is 27.1 Å². The Morgan fingerprint density at radius 1 is 0.443 bits per heavy atom. The number of hydrogen-bond acceptors (Lipinski definition) is 2. The molecule has 0 aliphatic heterocycles. The van der Waals surface area contributed by atoms with Gasteiger partial charge in [-0.05, 0) is 120 Å². The summed E-state index contributed by atoms with van der Waals surface area (Å²) in [5.74, 6) is 0. The van der Waals surface area contributed by atoms with Crippen LogP contribution in [0.25, 0.3) is 55.3 Å². The van der Waals surface area contributed by atoms with E-state index in [1.54, 1.807) is 0 Å². The van der Waals surface area contributed by atoms with Crippen LogP contribution in [0.5, 0.6) is 0 Å². The zero-order valence-corrected chi connectivity index (χ0v) is 38.0. The molecule has 0 unspecified atom stereocenters. The second-order valence-corrected chi connectivity index (χ2v) is 21.8. The van der Waals surface area contributed by atoms with Gasteiger partial charge in [0.2, 0.25) is 0 Å². The largest absolute Gasteiger partial charge is 0.456 e. The quantitative estimate of drug-likeness (QED) is 0.177. The molecule has 0 fully saturated rings. The van der Waals surface area contributed by atoms with E-state index in [1.807, 2.05) is 0 Å². The van der Waals surface area contributed by atoms with Crippen LogP contribution in [0.2, 0.25) is 0 Å². The third-order valence-corrected chi connectivity index (χ3v) is 14.9. The Labute approximate surface area is 362 Å². The topological polar surface area (TPSA) is 16.4 Å². The van der Waals surface area contributed by atoms with E-state index >= 15 is 0 Å². The van der Waals surface area contributed by atoms with E-state index in [9.17, 15) is 0 Å². The fourth-order valence-corrected chi connectivity index (χ4v) is 11.5. The zero-order valence-electron chi connectivity index (χ0n) is 38.0. The highest BCUT2D eigenvalue weighted by atomic mass is 16.3. The van der Waals surface area contributed by atoms with Gasteiger partial charge in [-0.25, -0.2) is 0 Å². The summed E-state index contributed by atoms with van der Waals surface area (Å²) in [6.07, 6.45) is 0. The maximum atomic E-state index is 7.05. The molecule has 2 heteroatoms. The van der Waals surface area contributed by atoms with E-state index in [-0.39, 0.29) is 27.1 Å². The molecule has 11 rings (SSSR count). The van der Waals surface area contributed by atoms with Crippen molar-refractivity contribution >= 4 is 39.0 Å². The van der Waals surface area contributed by atoms with Gasteiger partial charge in [0.25, 0.3) is 0 Å². The number of hydrogen-bond donors (Lipinski definition) is 0. The minimum Gasteiger partial charge on any atom is -0.456 e. The number of fused-ring (bicyclic) bond motifs is 13. The fraction of sp³-hybridized carbons (Fsp3) is 0.288. The molecular weight excluding hydrogens is 739 g/mol. The van der Waals surface area contributed by atoms with Crippen LogP contribution < -0.4 is 4.90 Å². The lowest BCUT2D eigenvalue weighted by atomic mass is 9.79. The fourth-order valence-electron chi connectivity index (χ4n) is 11.5. The van der Waals surface area contributed by atoms with Crippen LogP contribution in [0.1, 0.15) is 128 Å². The molecule has 0 spiro atoms. The average molecular weight is 796 g/mol. The molecule has 0 bridgehead atoms. The smallest absolute Gasteiger partial charge is 0.139 e. The summed E-state index contributed by atoms with van der Waals surface area (Å²) in [6, 6.07) is 48.8. The summed E-state index contributed by atoms with van der Waals surface area (Å²) in [5.41, 5.74) is 23.6. The van der Waals surface area contributed by atoms with E-state index in [4.69, 9.17) is 4.42 Å². The summed E-state index contributed by atoms with van der Waals surface area (Å²) in [5, 5.41) is 2.43. The van der Waals surface area contributed by atoms with Gasteiger partial charge in [-0.3, -0.25) is 0 Å². The minimum atomic E-state index is -0.234. The van der Waals surface area contributed by atoms with Crippen molar-refractivity contribution in [2.75, 3.05) is 4.90 Å². The predicted molar refractivity (Wildman–Crippen MR) is 258 cm³/mol. The predicted octanol–water partition coefficient (Wildman–Crippen LogP) is 16.6. The van der Waals surface area contributed by atoms with E-state index in [1.165, 1.54) is 106 Å². The molecular formula is C59H57NO. The molecule has 1 aromatic heterocycles. The molecule has 61 heavy (non-hydrogen) atoms. The summed E-state index contributed by atoms with van der Waals surface area (Å²) in [4.78, 5) is 2.57. The van der Waals surface area contributed by atoms with Gasteiger partial charge in [0.15, 0.2) is 0 Å². The van der Waals surface area contributed by atoms with Crippen molar-refractivity contribution in [2.45, 2.75) is 110 Å². The van der Waals surface area contributed by atoms with Crippen molar-refractivity contribution in [3.8, 4) is 33.4 Å². The molecule has 0 radical (unpaired) electrons. The Morgan fingerprint density at radius 2 is 0.951 bits per heavy atom. The minimum absolute atomic E-state index is 0.0309. The summed E-state index contributed by atoms with van der Waals surface area (Å²) >= 11 is 0. The van der Waals surface area contributed by atoms with Gasteiger partial charge < -0.3 is 9.32 Å². The van der Waals surface area contributed by atoms with Crippen molar-refractivity contribution < 1.29 is 4.42 Å². The monoisotopic (exact) mass is 795 g/mol. The van der Waals surface area contributed by atoms with Crippen molar-refractivity contribution in [3.63, 3.8) is 0 Å². The maximum Gasteiger partial charge on any atom is 0.139 e. The molecule has 3 aliphatic rings. The first-order chi connectivity index (χ1) is 28.8. The first kappa shape index (κ1) is 38.1. The molecule has 0 amide bonds.